The second-order valence-corrected chi connectivity index (χ2v) is 7.49. The molecule has 0 atom stereocenters. The quantitative estimate of drug-likeness (QED) is 0.385. The van der Waals surface area contributed by atoms with Crippen LogP contribution in [-0.2, 0) is 19.1 Å². The molecule has 0 aliphatic heterocycles. The third-order valence-electron chi connectivity index (χ3n) is 3.56. The zero-order valence-electron chi connectivity index (χ0n) is 15.3. The van der Waals surface area contributed by atoms with Crippen LogP contribution in [0.4, 0.5) is 5.69 Å². The summed E-state index contributed by atoms with van der Waals surface area (Å²) >= 11 is 15.0. The third-order valence-corrected chi connectivity index (χ3v) is 5.12. The first-order chi connectivity index (χ1) is 14.3. The molecule has 0 unspecified atom stereocenters. The summed E-state index contributed by atoms with van der Waals surface area (Å²) in [7, 11) is 0. The van der Waals surface area contributed by atoms with Crippen LogP contribution in [0, 0.1) is 0 Å². The van der Waals surface area contributed by atoms with E-state index in [1.54, 1.807) is 24.3 Å². The monoisotopic (exact) mass is 515 g/mol. The maximum atomic E-state index is 11.9. The summed E-state index contributed by atoms with van der Waals surface area (Å²) in [5.74, 6) is -2.51. The molecule has 0 saturated heterocycles. The smallest absolute Gasteiger partial charge is 0.306 e. The van der Waals surface area contributed by atoms with Crippen LogP contribution in [0.5, 0.6) is 0 Å². The minimum absolute atomic E-state index is 0.192. The molecule has 3 N–H and O–H groups in total. The molecule has 0 fully saturated rings. The molecule has 0 aliphatic rings. The Bertz CT molecular complexity index is 971. The van der Waals surface area contributed by atoms with E-state index in [0.29, 0.717) is 15.2 Å². The first kappa shape index (κ1) is 23.7. The van der Waals surface area contributed by atoms with Gasteiger partial charge in [-0.25, -0.2) is 0 Å². The number of benzene rings is 2. The molecule has 2 rings (SSSR count). The van der Waals surface area contributed by atoms with Crippen molar-refractivity contribution < 1.29 is 23.9 Å². The van der Waals surface area contributed by atoms with E-state index < -0.39 is 30.3 Å². The second kappa shape index (κ2) is 11.5. The lowest BCUT2D eigenvalue weighted by Gasteiger charge is -2.09. The highest BCUT2D eigenvalue weighted by Gasteiger charge is 2.13. The average molecular weight is 517 g/mol. The van der Waals surface area contributed by atoms with Gasteiger partial charge in [0, 0.05) is 16.6 Å². The average Bonchev–Trinajstić information content (AvgIpc) is 2.72. The highest BCUT2D eigenvalue weighted by molar-refractivity contribution is 9.10. The van der Waals surface area contributed by atoms with Gasteiger partial charge in [-0.15, -0.1) is 0 Å². The van der Waals surface area contributed by atoms with Gasteiger partial charge in [-0.1, -0.05) is 35.3 Å². The number of hydrazine groups is 1. The molecule has 3 amide bonds. The van der Waals surface area contributed by atoms with Crippen LogP contribution in [-0.4, -0.2) is 30.3 Å². The fraction of sp³-hybridized carbons (Fsp3) is 0.158. The number of esters is 1. The number of anilines is 1. The van der Waals surface area contributed by atoms with Gasteiger partial charge in [-0.3, -0.25) is 30.0 Å². The lowest BCUT2D eigenvalue weighted by atomic mass is 10.2. The predicted molar refractivity (Wildman–Crippen MR) is 115 cm³/mol. The zero-order valence-corrected chi connectivity index (χ0v) is 18.4. The van der Waals surface area contributed by atoms with Gasteiger partial charge in [0.15, 0.2) is 6.61 Å². The molecule has 0 heterocycles. The van der Waals surface area contributed by atoms with Crippen LogP contribution in [0.1, 0.15) is 23.2 Å². The minimum atomic E-state index is -0.744. The number of ether oxygens (including phenoxy) is 1. The third kappa shape index (κ3) is 7.66. The number of rotatable bonds is 7. The number of halogens is 3. The van der Waals surface area contributed by atoms with E-state index in [4.69, 9.17) is 27.9 Å². The van der Waals surface area contributed by atoms with E-state index >= 15 is 0 Å². The van der Waals surface area contributed by atoms with Crippen LogP contribution in [0.25, 0.3) is 0 Å². The molecule has 0 saturated carbocycles. The van der Waals surface area contributed by atoms with Crippen molar-refractivity contribution in [2.24, 2.45) is 0 Å². The summed E-state index contributed by atoms with van der Waals surface area (Å²) in [5, 5.41) is 3.17. The number of nitrogens with one attached hydrogen (secondary N) is 3. The molecule has 0 aliphatic carbocycles. The van der Waals surface area contributed by atoms with Crippen molar-refractivity contribution >= 4 is 68.5 Å². The first-order valence-corrected chi connectivity index (χ1v) is 10.1. The zero-order chi connectivity index (χ0) is 22.1. The van der Waals surface area contributed by atoms with Crippen LogP contribution in [0.3, 0.4) is 0 Å². The molecule has 30 heavy (non-hydrogen) atoms. The van der Waals surface area contributed by atoms with Gasteiger partial charge in [0.25, 0.3) is 11.8 Å². The SMILES string of the molecule is O=C(CCC(=O)OCC(=O)Nc1ccc(Br)c(Cl)c1)NNC(=O)c1ccccc1Cl. The van der Waals surface area contributed by atoms with Gasteiger partial charge in [0.2, 0.25) is 5.91 Å². The fourth-order valence-electron chi connectivity index (χ4n) is 2.11. The van der Waals surface area contributed by atoms with E-state index in [2.05, 4.69) is 32.1 Å². The van der Waals surface area contributed by atoms with Crippen molar-refractivity contribution in [2.45, 2.75) is 12.8 Å². The second-order valence-electron chi connectivity index (χ2n) is 5.82. The Hall–Kier alpha value is -2.62. The summed E-state index contributed by atoms with van der Waals surface area (Å²) in [6, 6.07) is 11.1. The van der Waals surface area contributed by atoms with Crippen molar-refractivity contribution in [3.05, 3.63) is 62.5 Å². The van der Waals surface area contributed by atoms with Gasteiger partial charge >= 0.3 is 5.97 Å². The standard InChI is InChI=1S/C19H16BrCl2N3O5/c20-13-6-5-11(9-15(13)22)23-17(27)10-30-18(28)8-7-16(26)24-25-19(29)12-3-1-2-4-14(12)21/h1-6,9H,7-8,10H2,(H,23,27)(H,24,26)(H,25,29). The van der Waals surface area contributed by atoms with Crippen molar-refractivity contribution in [3.63, 3.8) is 0 Å². The Kier molecular flexibility index (Phi) is 9.10. The molecule has 158 valence electrons. The van der Waals surface area contributed by atoms with Gasteiger partial charge < -0.3 is 10.1 Å². The highest BCUT2D eigenvalue weighted by atomic mass is 79.9. The van der Waals surface area contributed by atoms with Gasteiger partial charge in [-0.05, 0) is 46.3 Å². The largest absolute Gasteiger partial charge is 0.456 e. The lowest BCUT2D eigenvalue weighted by molar-refractivity contribution is -0.148. The Labute approximate surface area is 190 Å². The number of amides is 3. The van der Waals surface area contributed by atoms with Crippen LogP contribution < -0.4 is 16.2 Å². The molecule has 11 heteroatoms. The molecular formula is C19H16BrCl2N3O5. The summed E-state index contributed by atoms with van der Waals surface area (Å²) < 4.78 is 5.49. The van der Waals surface area contributed by atoms with Crippen molar-refractivity contribution in [3.8, 4) is 0 Å². The van der Waals surface area contributed by atoms with E-state index in [9.17, 15) is 19.2 Å². The molecule has 2 aromatic rings. The molecule has 0 radical (unpaired) electrons. The molecular weight excluding hydrogens is 501 g/mol. The Morgan fingerprint density at radius 2 is 1.63 bits per heavy atom. The number of carbonyl (C=O) groups excluding carboxylic acids is 4. The number of hydrogen-bond donors (Lipinski definition) is 3. The topological polar surface area (TPSA) is 114 Å². The number of hydrogen-bond acceptors (Lipinski definition) is 5. The maximum Gasteiger partial charge on any atom is 0.306 e. The Morgan fingerprint density at radius 3 is 2.33 bits per heavy atom. The van der Waals surface area contributed by atoms with Crippen LogP contribution in [0.15, 0.2) is 46.9 Å². The van der Waals surface area contributed by atoms with Crippen molar-refractivity contribution in [2.75, 3.05) is 11.9 Å². The van der Waals surface area contributed by atoms with E-state index in [1.165, 1.54) is 18.2 Å². The van der Waals surface area contributed by atoms with Crippen molar-refractivity contribution in [1.29, 1.82) is 0 Å². The normalized spacial score (nSPS) is 10.1. The summed E-state index contributed by atoms with van der Waals surface area (Å²) in [6.45, 7) is -0.516. The Morgan fingerprint density at radius 1 is 0.900 bits per heavy atom. The predicted octanol–water partition coefficient (Wildman–Crippen LogP) is 3.48. The molecule has 0 bridgehead atoms. The van der Waals surface area contributed by atoms with Crippen LogP contribution in [0.2, 0.25) is 10.0 Å². The molecule has 8 nitrogen and oxygen atoms in total. The van der Waals surface area contributed by atoms with Gasteiger partial charge in [0.1, 0.15) is 0 Å². The number of carbonyl (C=O) groups is 4. The highest BCUT2D eigenvalue weighted by Crippen LogP contribution is 2.25. The molecule has 2 aromatic carbocycles. The van der Waals surface area contributed by atoms with Crippen LogP contribution >= 0.6 is 39.1 Å². The summed E-state index contributed by atoms with van der Waals surface area (Å²) in [5.41, 5.74) is 5.00. The maximum absolute atomic E-state index is 11.9. The fourth-order valence-corrected chi connectivity index (χ4v) is 2.76. The van der Waals surface area contributed by atoms with E-state index in [-0.39, 0.29) is 23.4 Å². The summed E-state index contributed by atoms with van der Waals surface area (Å²) in [4.78, 5) is 47.2. The lowest BCUT2D eigenvalue weighted by Crippen LogP contribution is -2.41. The van der Waals surface area contributed by atoms with Crippen molar-refractivity contribution in [1.82, 2.24) is 10.9 Å². The molecule has 0 aromatic heterocycles. The van der Waals surface area contributed by atoms with Gasteiger partial charge in [-0.2, -0.15) is 0 Å². The summed E-state index contributed by atoms with van der Waals surface area (Å²) in [6.07, 6.45) is -0.517. The Balaban J connectivity index is 1.66. The first-order valence-electron chi connectivity index (χ1n) is 8.50. The van der Waals surface area contributed by atoms with Gasteiger partial charge in [0.05, 0.1) is 22.0 Å². The van der Waals surface area contributed by atoms with E-state index in [0.717, 1.165) is 0 Å². The molecule has 0 spiro atoms. The van der Waals surface area contributed by atoms with E-state index in [1.807, 2.05) is 0 Å². The minimum Gasteiger partial charge on any atom is -0.456 e.